The van der Waals surface area contributed by atoms with Crippen molar-refractivity contribution < 1.29 is 19.0 Å². The van der Waals surface area contributed by atoms with Crippen molar-refractivity contribution >= 4 is 73.9 Å². The van der Waals surface area contributed by atoms with Gasteiger partial charge in [-0.1, -0.05) is 6.92 Å². The van der Waals surface area contributed by atoms with E-state index in [0.29, 0.717) is 38.6 Å². The molecule has 1 aliphatic carbocycles. The van der Waals surface area contributed by atoms with Gasteiger partial charge in [-0.05, 0) is 0 Å². The average Bonchev–Trinajstić information content (AvgIpc) is 3.28. The Morgan fingerprint density at radius 3 is 2.75 bits per heavy atom. The van der Waals surface area contributed by atoms with Gasteiger partial charge in [0.25, 0.3) is 0 Å². The third kappa shape index (κ3) is 4.46. The van der Waals surface area contributed by atoms with Crippen LogP contribution in [0.5, 0.6) is 0 Å². The number of hydrogen-bond donors (Lipinski definition) is 2. The summed E-state index contributed by atoms with van der Waals surface area (Å²) in [5.41, 5.74) is 3.89. The van der Waals surface area contributed by atoms with Crippen LogP contribution in [0.2, 0.25) is 0 Å². The van der Waals surface area contributed by atoms with Crippen molar-refractivity contribution in [3.63, 3.8) is 0 Å². The van der Waals surface area contributed by atoms with Gasteiger partial charge in [-0.2, -0.15) is 0 Å². The summed E-state index contributed by atoms with van der Waals surface area (Å²) in [6.45, 7) is 8.31. The second-order valence-electron chi connectivity index (χ2n) is 11.0. The SMILES string of the molecule is CC[C@@]1(O)C(=O)OCc2c1cc1n(c2=O)Cc2c-1nc1cc(F)c(C)c3c1c2[C@@H](N[C@@H](I)CI(I)C(C)C)CC3. The summed E-state index contributed by atoms with van der Waals surface area (Å²) >= 11 is 4.09. The molecule has 3 aromatic rings. The van der Waals surface area contributed by atoms with Gasteiger partial charge in [0.2, 0.25) is 0 Å². The number of esters is 1. The number of nitrogens with one attached hydrogen (secondary N) is 1. The number of rotatable bonds is 6. The Balaban J connectivity index is 1.56. The van der Waals surface area contributed by atoms with Gasteiger partial charge < -0.3 is 0 Å². The quantitative estimate of drug-likeness (QED) is 0.105. The van der Waals surface area contributed by atoms with E-state index in [1.54, 1.807) is 17.6 Å². The molecular formula is C29H31FI3N3O4. The van der Waals surface area contributed by atoms with Crippen LogP contribution in [0.1, 0.15) is 73.0 Å². The summed E-state index contributed by atoms with van der Waals surface area (Å²) in [7, 11) is 0. The van der Waals surface area contributed by atoms with Gasteiger partial charge in [0.1, 0.15) is 0 Å². The van der Waals surface area contributed by atoms with E-state index in [4.69, 9.17) is 9.72 Å². The first-order valence-corrected chi connectivity index (χ1v) is 23.8. The molecule has 0 unspecified atom stereocenters. The van der Waals surface area contributed by atoms with E-state index in [0.717, 1.165) is 38.8 Å². The third-order valence-electron chi connectivity index (χ3n) is 8.52. The molecule has 40 heavy (non-hydrogen) atoms. The Hall–Kier alpha value is -0.910. The summed E-state index contributed by atoms with van der Waals surface area (Å²) in [6.07, 6.45) is 1.68. The van der Waals surface area contributed by atoms with Gasteiger partial charge >= 0.3 is 253 Å². The number of cyclic esters (lactones) is 1. The molecule has 2 N–H and O–H groups in total. The maximum atomic E-state index is 15.1. The van der Waals surface area contributed by atoms with Crippen LogP contribution in [0.25, 0.3) is 22.3 Å². The van der Waals surface area contributed by atoms with Gasteiger partial charge in [0, 0.05) is 0 Å². The minimum absolute atomic E-state index is 0.0449. The fourth-order valence-corrected chi connectivity index (χ4v) is 17.6. The number of alkyl halides is 3. The summed E-state index contributed by atoms with van der Waals surface area (Å²) in [6, 6.07) is 3.28. The first kappa shape index (κ1) is 29.2. The molecule has 6 rings (SSSR count). The Morgan fingerprint density at radius 2 is 2.05 bits per heavy atom. The van der Waals surface area contributed by atoms with Gasteiger partial charge in [-0.25, -0.2) is 4.79 Å². The molecule has 4 heterocycles. The van der Waals surface area contributed by atoms with Crippen molar-refractivity contribution in [3.05, 3.63) is 61.7 Å². The molecule has 2 aromatic heterocycles. The van der Waals surface area contributed by atoms with Crippen LogP contribution < -0.4 is 10.9 Å². The number of carbonyl (C=O) groups excluding carboxylic acids is 1. The minimum atomic E-state index is -1.89. The number of fused-ring (bicyclic) bond motifs is 5. The Labute approximate surface area is 262 Å². The number of nitrogens with zero attached hydrogens (tertiary/aromatic N) is 2. The van der Waals surface area contributed by atoms with E-state index in [1.165, 1.54) is 10.5 Å². The zero-order valence-electron chi connectivity index (χ0n) is 22.7. The molecule has 3 aliphatic rings. The van der Waals surface area contributed by atoms with Crippen molar-refractivity contribution in [2.45, 2.75) is 79.7 Å². The first-order valence-electron chi connectivity index (χ1n) is 13.5. The molecule has 2 aliphatic heterocycles. The van der Waals surface area contributed by atoms with Crippen molar-refractivity contribution in [2.75, 3.05) is 4.43 Å². The number of pyridine rings is 2. The van der Waals surface area contributed by atoms with Crippen molar-refractivity contribution in [1.29, 1.82) is 0 Å². The molecular weight excluding hydrogens is 854 g/mol. The summed E-state index contributed by atoms with van der Waals surface area (Å²) < 4.78 is 24.2. The Morgan fingerprint density at radius 1 is 1.30 bits per heavy atom. The second kappa shape index (κ2) is 10.7. The summed E-state index contributed by atoms with van der Waals surface area (Å²) in [4.78, 5) is 31.3. The fourth-order valence-electron chi connectivity index (χ4n) is 6.29. The molecule has 0 saturated carbocycles. The third-order valence-corrected chi connectivity index (χ3v) is 24.0. The second-order valence-corrected chi connectivity index (χ2v) is 24.9. The van der Waals surface area contributed by atoms with Crippen LogP contribution in [0, 0.1) is 12.7 Å². The number of hydrogen-bond acceptors (Lipinski definition) is 6. The van der Waals surface area contributed by atoms with Crippen molar-refractivity contribution in [3.8, 4) is 11.4 Å². The number of aliphatic hydroxyl groups is 1. The van der Waals surface area contributed by atoms with Crippen LogP contribution in [0.4, 0.5) is 4.39 Å². The van der Waals surface area contributed by atoms with Gasteiger partial charge in [0.15, 0.2) is 0 Å². The summed E-state index contributed by atoms with van der Waals surface area (Å²) in [5.74, 6) is -1.02. The molecule has 0 saturated heterocycles. The Kier molecular flexibility index (Phi) is 7.78. The Bertz CT molecular complexity index is 1640. The predicted molar refractivity (Wildman–Crippen MR) is 179 cm³/mol. The maximum absolute atomic E-state index is 15.1. The average molecular weight is 885 g/mol. The van der Waals surface area contributed by atoms with Gasteiger partial charge in [-0.3, -0.25) is 0 Å². The molecule has 214 valence electrons. The predicted octanol–water partition coefficient (Wildman–Crippen LogP) is 6.13. The topological polar surface area (TPSA) is 93.5 Å². The molecule has 0 fully saturated rings. The van der Waals surface area contributed by atoms with Crippen LogP contribution in [0.15, 0.2) is 16.9 Å². The number of halogens is 4. The normalized spacial score (nSPS) is 22.2. The van der Waals surface area contributed by atoms with Crippen molar-refractivity contribution in [1.82, 2.24) is 14.9 Å². The van der Waals surface area contributed by atoms with Crippen molar-refractivity contribution in [2.24, 2.45) is 0 Å². The molecule has 11 heteroatoms. The van der Waals surface area contributed by atoms with Crippen LogP contribution in [0.3, 0.4) is 0 Å². The number of benzene rings is 1. The molecule has 0 amide bonds. The first-order chi connectivity index (χ1) is 19.0. The number of aromatic nitrogens is 2. The molecule has 7 nitrogen and oxygen atoms in total. The van der Waals surface area contributed by atoms with E-state index >= 15 is 4.39 Å². The number of carbonyl (C=O) groups is 1. The molecule has 1 aromatic carbocycles. The number of aryl methyl sites for hydroxylation is 1. The van der Waals surface area contributed by atoms with E-state index < -0.39 is 27.4 Å². The van der Waals surface area contributed by atoms with Crippen LogP contribution >= 0.6 is 57.1 Å². The molecule has 0 bridgehead atoms. The zero-order valence-corrected chi connectivity index (χ0v) is 29.2. The monoisotopic (exact) mass is 885 g/mol. The van der Waals surface area contributed by atoms with Crippen LogP contribution in [-0.4, -0.2) is 33.0 Å². The number of ether oxygens (including phenoxy) is 1. The van der Waals surface area contributed by atoms with E-state index in [9.17, 15) is 14.7 Å². The molecule has 0 spiro atoms. The zero-order chi connectivity index (χ0) is 28.7. The van der Waals surface area contributed by atoms with Gasteiger partial charge in [-0.15, -0.1) is 0 Å². The van der Waals surface area contributed by atoms with Crippen LogP contribution in [-0.2, 0) is 34.7 Å². The standard InChI is InChI=1S/C29H31FI3N3O4/c1-5-29(39)18-8-22-26-16(11-36(22)27(37)17(18)12-40-28(29)38)25-20(34-23(31)10-33(32)13(2)3)7-6-15-14(4)19(30)9-21(35-26)24(15)25/h8-9,13,20,23,34,39H,5-7,10-12H2,1-4H3/t20-,23+,29-/m0/s1. The molecule has 0 radical (unpaired) electrons. The van der Waals surface area contributed by atoms with E-state index in [2.05, 4.69) is 60.4 Å². The van der Waals surface area contributed by atoms with Gasteiger partial charge in [0.05, 0.1) is 0 Å². The molecule has 3 atom stereocenters. The fraction of sp³-hybridized carbons (Fsp3) is 0.483. The van der Waals surface area contributed by atoms with E-state index in [1.807, 2.05) is 6.92 Å². The van der Waals surface area contributed by atoms with E-state index in [-0.39, 0.29) is 36.0 Å². The summed E-state index contributed by atoms with van der Waals surface area (Å²) in [5, 5.41) is 16.1.